The summed E-state index contributed by atoms with van der Waals surface area (Å²) in [4.78, 5) is 0. The molecule has 0 unspecified atom stereocenters. The molecule has 2 aromatic carbocycles. The van der Waals surface area contributed by atoms with E-state index in [1.165, 1.54) is 11.5 Å². The topological polar surface area (TPSA) is 60.2 Å². The van der Waals surface area contributed by atoms with Gasteiger partial charge in [0.25, 0.3) is 0 Å². The van der Waals surface area contributed by atoms with Crippen LogP contribution in [-0.2, 0) is 0 Å². The maximum Gasteiger partial charge on any atom is 0.150 e. The number of benzene rings is 2. The predicted octanol–water partition coefficient (Wildman–Crippen LogP) is 3.71. The Bertz CT molecular complexity index is 724. The first-order chi connectivity index (χ1) is 9.28. The minimum Gasteiger partial charge on any atom is -0.455 e. The van der Waals surface area contributed by atoms with Crippen LogP contribution in [0.25, 0.3) is 10.1 Å². The summed E-state index contributed by atoms with van der Waals surface area (Å²) in [5.74, 6) is 2.32. The van der Waals surface area contributed by atoms with Crippen LogP contribution in [0.5, 0.6) is 11.5 Å². The second kappa shape index (κ2) is 4.78. The second-order valence-electron chi connectivity index (χ2n) is 4.08. The number of anilines is 2. The highest BCUT2D eigenvalue weighted by Gasteiger charge is 2.07. The third kappa shape index (κ3) is 2.20. The molecule has 19 heavy (non-hydrogen) atoms. The lowest BCUT2D eigenvalue weighted by molar-refractivity contribution is 0.486. The maximum absolute atomic E-state index is 5.86. The molecule has 3 aromatic rings. The number of hydrogen-bond acceptors (Lipinski definition) is 5. The first-order valence-corrected chi connectivity index (χ1v) is 6.65. The first-order valence-electron chi connectivity index (χ1n) is 5.87. The van der Waals surface area contributed by atoms with Crippen molar-refractivity contribution in [2.45, 2.75) is 0 Å². The molecule has 1 aromatic heterocycles. The van der Waals surface area contributed by atoms with Gasteiger partial charge in [0.1, 0.15) is 17.3 Å². The number of rotatable bonds is 3. The molecule has 0 aliphatic carbocycles. The summed E-state index contributed by atoms with van der Waals surface area (Å²) in [6, 6.07) is 13.3. The lowest BCUT2D eigenvalue weighted by Crippen LogP contribution is -1.91. The van der Waals surface area contributed by atoms with Crippen molar-refractivity contribution in [3.63, 3.8) is 0 Å². The molecule has 0 bridgehead atoms. The van der Waals surface area contributed by atoms with Gasteiger partial charge in [-0.1, -0.05) is 12.1 Å². The van der Waals surface area contributed by atoms with Crippen molar-refractivity contribution < 1.29 is 4.74 Å². The first kappa shape index (κ1) is 11.8. The Morgan fingerprint density at radius 2 is 2.05 bits per heavy atom. The van der Waals surface area contributed by atoms with Crippen LogP contribution < -0.4 is 15.8 Å². The predicted molar refractivity (Wildman–Crippen MR) is 80.1 cm³/mol. The Hall–Kier alpha value is -2.27. The fourth-order valence-electron chi connectivity index (χ4n) is 1.86. The number of hydrogen-bond donors (Lipinski definition) is 2. The highest BCUT2D eigenvalue weighted by Crippen LogP contribution is 2.33. The highest BCUT2D eigenvalue weighted by atomic mass is 32.1. The molecule has 96 valence electrons. The molecule has 0 radical (unpaired) electrons. The SMILES string of the molecule is CNc1nsc2cc(Oc3ccccc3N)ccc12. The van der Waals surface area contributed by atoms with Crippen LogP contribution >= 0.6 is 11.5 Å². The molecule has 3 N–H and O–H groups in total. The van der Waals surface area contributed by atoms with Crippen molar-refractivity contribution in [3.05, 3.63) is 42.5 Å². The number of ether oxygens (including phenoxy) is 1. The number of nitrogen functional groups attached to an aromatic ring is 1. The van der Waals surface area contributed by atoms with Gasteiger partial charge in [0.2, 0.25) is 0 Å². The fourth-order valence-corrected chi connectivity index (χ4v) is 2.67. The summed E-state index contributed by atoms with van der Waals surface area (Å²) >= 11 is 1.44. The van der Waals surface area contributed by atoms with Crippen molar-refractivity contribution in [2.75, 3.05) is 18.1 Å². The summed E-state index contributed by atoms with van der Waals surface area (Å²) in [7, 11) is 1.86. The third-order valence-electron chi connectivity index (χ3n) is 2.83. The lowest BCUT2D eigenvalue weighted by Gasteiger charge is -2.07. The molecule has 1 heterocycles. The Labute approximate surface area is 115 Å². The summed E-state index contributed by atoms with van der Waals surface area (Å²) in [6.07, 6.45) is 0. The van der Waals surface area contributed by atoms with Crippen LogP contribution in [0.15, 0.2) is 42.5 Å². The van der Waals surface area contributed by atoms with Gasteiger partial charge < -0.3 is 15.8 Å². The third-order valence-corrected chi connectivity index (χ3v) is 3.64. The van der Waals surface area contributed by atoms with E-state index in [9.17, 15) is 0 Å². The second-order valence-corrected chi connectivity index (χ2v) is 4.88. The minimum absolute atomic E-state index is 0.628. The van der Waals surface area contributed by atoms with E-state index in [1.54, 1.807) is 0 Å². The zero-order chi connectivity index (χ0) is 13.2. The summed E-state index contributed by atoms with van der Waals surface area (Å²) in [6.45, 7) is 0. The smallest absolute Gasteiger partial charge is 0.150 e. The largest absolute Gasteiger partial charge is 0.455 e. The molecular weight excluding hydrogens is 258 g/mol. The standard InChI is InChI=1S/C14H13N3OS/c1-16-14-10-7-6-9(8-13(10)19-17-14)18-12-5-3-2-4-11(12)15/h2-8H,15H2,1H3,(H,16,17). The number of para-hydroxylation sites is 2. The van der Waals surface area contributed by atoms with Gasteiger partial charge in [-0.25, -0.2) is 0 Å². The average Bonchev–Trinajstić information content (AvgIpc) is 2.83. The van der Waals surface area contributed by atoms with E-state index in [-0.39, 0.29) is 0 Å². The number of nitrogens with one attached hydrogen (secondary N) is 1. The number of fused-ring (bicyclic) bond motifs is 1. The van der Waals surface area contributed by atoms with E-state index < -0.39 is 0 Å². The highest BCUT2D eigenvalue weighted by molar-refractivity contribution is 7.13. The zero-order valence-electron chi connectivity index (χ0n) is 10.4. The normalized spacial score (nSPS) is 10.6. The van der Waals surface area contributed by atoms with Crippen LogP contribution in [-0.4, -0.2) is 11.4 Å². The zero-order valence-corrected chi connectivity index (χ0v) is 11.2. The molecule has 0 fully saturated rings. The summed E-state index contributed by atoms with van der Waals surface area (Å²) in [5, 5.41) is 4.16. The monoisotopic (exact) mass is 271 g/mol. The van der Waals surface area contributed by atoms with E-state index in [4.69, 9.17) is 10.5 Å². The molecule has 4 nitrogen and oxygen atoms in total. The van der Waals surface area contributed by atoms with Crippen molar-refractivity contribution in [1.82, 2.24) is 4.37 Å². The molecular formula is C14H13N3OS. The number of nitrogens with two attached hydrogens (primary N) is 1. The van der Waals surface area contributed by atoms with E-state index in [0.717, 1.165) is 21.7 Å². The van der Waals surface area contributed by atoms with Crippen LogP contribution in [0.4, 0.5) is 11.5 Å². The van der Waals surface area contributed by atoms with E-state index >= 15 is 0 Å². The minimum atomic E-state index is 0.628. The van der Waals surface area contributed by atoms with Gasteiger partial charge in [-0.15, -0.1) is 0 Å². The van der Waals surface area contributed by atoms with Gasteiger partial charge in [0.15, 0.2) is 0 Å². The van der Waals surface area contributed by atoms with Gasteiger partial charge >= 0.3 is 0 Å². The molecule has 0 saturated carbocycles. The Morgan fingerprint density at radius 3 is 2.84 bits per heavy atom. The fraction of sp³-hybridized carbons (Fsp3) is 0.0714. The molecule has 0 amide bonds. The van der Waals surface area contributed by atoms with Gasteiger partial charge in [0.05, 0.1) is 10.4 Å². The van der Waals surface area contributed by atoms with Crippen LogP contribution in [0, 0.1) is 0 Å². The summed E-state index contributed by atoms with van der Waals surface area (Å²) < 4.78 is 11.2. The lowest BCUT2D eigenvalue weighted by atomic mass is 10.2. The Morgan fingerprint density at radius 1 is 1.21 bits per heavy atom. The molecule has 5 heteroatoms. The van der Waals surface area contributed by atoms with Gasteiger partial charge in [0, 0.05) is 18.5 Å². The molecule has 0 atom stereocenters. The quantitative estimate of drug-likeness (QED) is 0.713. The average molecular weight is 271 g/mol. The molecule has 0 spiro atoms. The van der Waals surface area contributed by atoms with Crippen LogP contribution in [0.3, 0.4) is 0 Å². The van der Waals surface area contributed by atoms with E-state index in [2.05, 4.69) is 9.69 Å². The maximum atomic E-state index is 5.86. The molecule has 0 aliphatic rings. The van der Waals surface area contributed by atoms with E-state index in [0.29, 0.717) is 11.4 Å². The van der Waals surface area contributed by atoms with Crippen molar-refractivity contribution >= 4 is 33.1 Å². The van der Waals surface area contributed by atoms with Crippen molar-refractivity contribution in [1.29, 1.82) is 0 Å². The van der Waals surface area contributed by atoms with Gasteiger partial charge in [-0.05, 0) is 35.8 Å². The molecule has 3 rings (SSSR count). The Balaban J connectivity index is 1.96. The summed E-state index contributed by atoms with van der Waals surface area (Å²) in [5.41, 5.74) is 6.49. The number of nitrogens with zero attached hydrogens (tertiary/aromatic N) is 1. The van der Waals surface area contributed by atoms with Crippen LogP contribution in [0.1, 0.15) is 0 Å². The van der Waals surface area contributed by atoms with Gasteiger partial charge in [-0.3, -0.25) is 0 Å². The molecule has 0 aliphatic heterocycles. The van der Waals surface area contributed by atoms with Crippen molar-refractivity contribution in [3.8, 4) is 11.5 Å². The Kier molecular flexibility index (Phi) is 2.97. The molecule has 0 saturated heterocycles. The van der Waals surface area contributed by atoms with E-state index in [1.807, 2.05) is 49.5 Å². The van der Waals surface area contributed by atoms with Gasteiger partial charge in [-0.2, -0.15) is 4.37 Å². The number of aromatic nitrogens is 1. The van der Waals surface area contributed by atoms with Crippen LogP contribution in [0.2, 0.25) is 0 Å². The van der Waals surface area contributed by atoms with Crippen molar-refractivity contribution in [2.24, 2.45) is 0 Å².